The van der Waals surface area contributed by atoms with E-state index in [9.17, 15) is 5.11 Å². The zero-order chi connectivity index (χ0) is 17.3. The van der Waals surface area contributed by atoms with Crippen LogP contribution in [0.15, 0.2) is 16.5 Å². The first-order valence-electron chi connectivity index (χ1n) is 8.50. The number of benzene rings is 1. The van der Waals surface area contributed by atoms with Crippen molar-refractivity contribution in [3.63, 3.8) is 0 Å². The van der Waals surface area contributed by atoms with Gasteiger partial charge in [-0.1, -0.05) is 0 Å². The highest BCUT2D eigenvalue weighted by molar-refractivity contribution is 5.62. The van der Waals surface area contributed by atoms with E-state index in [1.54, 1.807) is 7.11 Å². The summed E-state index contributed by atoms with van der Waals surface area (Å²) in [5.74, 6) is 2.38. The molecule has 0 saturated carbocycles. The van der Waals surface area contributed by atoms with Crippen LogP contribution < -0.4 is 4.74 Å². The average Bonchev–Trinajstić information content (AvgIpc) is 2.90. The van der Waals surface area contributed by atoms with E-state index in [2.05, 4.69) is 11.0 Å². The second kappa shape index (κ2) is 6.95. The molecule has 1 fully saturated rings. The zero-order valence-electron chi connectivity index (χ0n) is 14.9. The van der Waals surface area contributed by atoms with Crippen LogP contribution >= 0.6 is 0 Å². The molecule has 5 heteroatoms. The normalized spacial score (nSPS) is 18.8. The molecule has 1 N–H and O–H groups in total. The van der Waals surface area contributed by atoms with Gasteiger partial charge in [0.05, 0.1) is 18.9 Å². The number of aliphatic hydroxyl groups is 1. The lowest BCUT2D eigenvalue weighted by atomic mass is 10.0. The Morgan fingerprint density at radius 1 is 1.29 bits per heavy atom. The third-order valence-electron chi connectivity index (χ3n) is 4.72. The number of β-amino-alcohol motifs (C(OH)–C–C–N with tert-alkyl or cyclic N) is 1. The Morgan fingerprint density at radius 2 is 2.08 bits per heavy atom. The van der Waals surface area contributed by atoms with Crippen LogP contribution in [0.3, 0.4) is 0 Å². The monoisotopic (exact) mass is 330 g/mol. The van der Waals surface area contributed by atoms with Gasteiger partial charge in [0.15, 0.2) is 0 Å². The van der Waals surface area contributed by atoms with Crippen LogP contribution in [0, 0.1) is 20.8 Å². The molecule has 0 bridgehead atoms. The smallest absolute Gasteiger partial charge is 0.226 e. The Morgan fingerprint density at radius 3 is 2.79 bits per heavy atom. The molecule has 1 saturated heterocycles. The number of nitrogens with zero attached hydrogens (tertiary/aromatic N) is 2. The molecule has 3 rings (SSSR count). The molecule has 0 amide bonds. The minimum Gasteiger partial charge on any atom is -0.496 e. The number of methoxy groups -OCH3 is 1. The maximum Gasteiger partial charge on any atom is 0.226 e. The van der Waals surface area contributed by atoms with E-state index in [0.29, 0.717) is 12.4 Å². The molecule has 0 spiro atoms. The summed E-state index contributed by atoms with van der Waals surface area (Å²) in [6.45, 7) is 8.45. The van der Waals surface area contributed by atoms with Crippen molar-refractivity contribution in [3.05, 3.63) is 34.7 Å². The molecule has 130 valence electrons. The summed E-state index contributed by atoms with van der Waals surface area (Å²) in [6.07, 6.45) is 1.70. The fourth-order valence-electron chi connectivity index (χ4n) is 3.32. The number of aromatic nitrogens is 1. The van der Waals surface area contributed by atoms with E-state index in [0.717, 1.165) is 59.8 Å². The first kappa shape index (κ1) is 17.0. The second-order valence-electron chi connectivity index (χ2n) is 6.69. The fraction of sp³-hybridized carbons (Fsp3) is 0.526. The van der Waals surface area contributed by atoms with E-state index >= 15 is 0 Å². The van der Waals surface area contributed by atoms with Crippen molar-refractivity contribution in [1.82, 2.24) is 9.88 Å². The van der Waals surface area contributed by atoms with Crippen LogP contribution in [0.2, 0.25) is 0 Å². The summed E-state index contributed by atoms with van der Waals surface area (Å²) in [7, 11) is 1.68. The van der Waals surface area contributed by atoms with E-state index in [4.69, 9.17) is 14.1 Å². The average molecular weight is 330 g/mol. The van der Waals surface area contributed by atoms with Gasteiger partial charge in [0, 0.05) is 18.7 Å². The molecule has 1 aromatic heterocycles. The Labute approximate surface area is 143 Å². The van der Waals surface area contributed by atoms with E-state index in [1.807, 2.05) is 26.8 Å². The summed E-state index contributed by atoms with van der Waals surface area (Å²) < 4.78 is 11.3. The number of aliphatic hydroxyl groups excluding tert-OH is 1. The number of piperidine rings is 1. The number of oxazole rings is 1. The predicted molar refractivity (Wildman–Crippen MR) is 93.2 cm³/mol. The minimum atomic E-state index is -0.225. The van der Waals surface area contributed by atoms with Crippen molar-refractivity contribution in [2.75, 3.05) is 20.2 Å². The lowest BCUT2D eigenvalue weighted by Gasteiger charge is -2.29. The van der Waals surface area contributed by atoms with Gasteiger partial charge in [-0.15, -0.1) is 0 Å². The van der Waals surface area contributed by atoms with Gasteiger partial charge < -0.3 is 14.3 Å². The van der Waals surface area contributed by atoms with Gasteiger partial charge >= 0.3 is 0 Å². The van der Waals surface area contributed by atoms with Crippen molar-refractivity contribution >= 4 is 0 Å². The molecule has 1 aromatic carbocycles. The largest absolute Gasteiger partial charge is 0.496 e. The van der Waals surface area contributed by atoms with Crippen LogP contribution in [0.1, 0.15) is 35.4 Å². The number of likely N-dealkylation sites (tertiary alicyclic amines) is 1. The molecule has 24 heavy (non-hydrogen) atoms. The third-order valence-corrected chi connectivity index (χ3v) is 4.72. The van der Waals surface area contributed by atoms with Crippen LogP contribution in [0.5, 0.6) is 5.75 Å². The van der Waals surface area contributed by atoms with Crippen molar-refractivity contribution in [1.29, 1.82) is 0 Å². The molecule has 0 radical (unpaired) electrons. The summed E-state index contributed by atoms with van der Waals surface area (Å²) in [6, 6.07) is 4.08. The standard InChI is InChI=1S/C19H26N2O3/c1-12-9-18(23-4)13(2)8-16(12)19-20-17(14(3)24-19)11-21-7-5-6-15(22)10-21/h8-9,15,22H,5-7,10-11H2,1-4H3. The lowest BCUT2D eigenvalue weighted by Crippen LogP contribution is -2.37. The summed E-state index contributed by atoms with van der Waals surface area (Å²) in [5.41, 5.74) is 4.10. The number of rotatable bonds is 4. The Hall–Kier alpha value is -1.85. The van der Waals surface area contributed by atoms with Crippen molar-refractivity contribution < 1.29 is 14.3 Å². The van der Waals surface area contributed by atoms with Gasteiger partial charge in [-0.2, -0.15) is 0 Å². The number of ether oxygens (including phenoxy) is 1. The first-order chi connectivity index (χ1) is 11.5. The second-order valence-corrected chi connectivity index (χ2v) is 6.69. The SMILES string of the molecule is COc1cc(C)c(-c2nc(CN3CCCC(O)C3)c(C)o2)cc1C. The summed E-state index contributed by atoms with van der Waals surface area (Å²) in [5, 5.41) is 9.83. The van der Waals surface area contributed by atoms with Crippen LogP contribution in [0.25, 0.3) is 11.5 Å². The Kier molecular flexibility index (Phi) is 4.92. The van der Waals surface area contributed by atoms with Crippen LogP contribution in [0.4, 0.5) is 0 Å². The lowest BCUT2D eigenvalue weighted by molar-refractivity contribution is 0.0660. The van der Waals surface area contributed by atoms with Gasteiger partial charge in [0.1, 0.15) is 11.5 Å². The van der Waals surface area contributed by atoms with E-state index < -0.39 is 0 Å². The zero-order valence-corrected chi connectivity index (χ0v) is 14.9. The van der Waals surface area contributed by atoms with Gasteiger partial charge in [-0.3, -0.25) is 4.90 Å². The first-order valence-corrected chi connectivity index (χ1v) is 8.50. The molecular weight excluding hydrogens is 304 g/mol. The van der Waals surface area contributed by atoms with Crippen molar-refractivity contribution in [2.45, 2.75) is 46.3 Å². The molecule has 2 aromatic rings. The molecular formula is C19H26N2O3. The number of hydrogen-bond donors (Lipinski definition) is 1. The van der Waals surface area contributed by atoms with Gasteiger partial charge in [-0.25, -0.2) is 4.98 Å². The van der Waals surface area contributed by atoms with Crippen molar-refractivity contribution in [2.24, 2.45) is 0 Å². The van der Waals surface area contributed by atoms with Gasteiger partial charge in [0.2, 0.25) is 5.89 Å². The number of hydrogen-bond acceptors (Lipinski definition) is 5. The molecule has 1 aliphatic rings. The van der Waals surface area contributed by atoms with Crippen LogP contribution in [-0.4, -0.2) is 41.3 Å². The minimum absolute atomic E-state index is 0.225. The van der Waals surface area contributed by atoms with E-state index in [-0.39, 0.29) is 6.10 Å². The van der Waals surface area contributed by atoms with Gasteiger partial charge in [-0.05, 0) is 63.4 Å². The number of aryl methyl sites for hydroxylation is 3. The molecule has 1 aliphatic heterocycles. The predicted octanol–water partition coefficient (Wildman–Crippen LogP) is 3.23. The van der Waals surface area contributed by atoms with Gasteiger partial charge in [0.25, 0.3) is 0 Å². The molecule has 5 nitrogen and oxygen atoms in total. The quantitative estimate of drug-likeness (QED) is 0.932. The summed E-state index contributed by atoms with van der Waals surface area (Å²) >= 11 is 0. The van der Waals surface area contributed by atoms with Crippen molar-refractivity contribution in [3.8, 4) is 17.2 Å². The molecule has 0 aliphatic carbocycles. The van der Waals surface area contributed by atoms with Crippen LogP contribution in [-0.2, 0) is 6.54 Å². The highest BCUT2D eigenvalue weighted by Crippen LogP contribution is 2.31. The maximum atomic E-state index is 9.83. The van der Waals surface area contributed by atoms with E-state index in [1.165, 1.54) is 0 Å². The Balaban J connectivity index is 1.85. The third kappa shape index (κ3) is 3.47. The molecule has 1 unspecified atom stereocenters. The fourth-order valence-corrected chi connectivity index (χ4v) is 3.32. The Bertz CT molecular complexity index is 724. The highest BCUT2D eigenvalue weighted by atomic mass is 16.5. The topological polar surface area (TPSA) is 58.7 Å². The highest BCUT2D eigenvalue weighted by Gasteiger charge is 2.21. The summed E-state index contributed by atoms with van der Waals surface area (Å²) in [4.78, 5) is 6.97. The maximum absolute atomic E-state index is 9.83. The molecule has 2 heterocycles. The molecule has 1 atom stereocenters.